The Labute approximate surface area is 184 Å². The van der Waals surface area contributed by atoms with E-state index in [1.165, 1.54) is 28.9 Å². The van der Waals surface area contributed by atoms with Crippen molar-refractivity contribution in [2.24, 2.45) is 0 Å². The van der Waals surface area contributed by atoms with Gasteiger partial charge in [0.25, 0.3) is 0 Å². The number of anilines is 1. The maximum atomic E-state index is 14.4. The van der Waals surface area contributed by atoms with E-state index in [4.69, 9.17) is 16.3 Å². The van der Waals surface area contributed by atoms with Gasteiger partial charge in [-0.3, -0.25) is 4.90 Å². The van der Waals surface area contributed by atoms with E-state index < -0.39 is 11.6 Å². The summed E-state index contributed by atoms with van der Waals surface area (Å²) in [6.07, 6.45) is 5.71. The van der Waals surface area contributed by atoms with Gasteiger partial charge in [-0.15, -0.1) is 0 Å². The summed E-state index contributed by atoms with van der Waals surface area (Å²) in [7, 11) is 0. The summed E-state index contributed by atoms with van der Waals surface area (Å²) in [5.74, 6) is -1.33. The topological polar surface area (TPSA) is 54.7 Å². The molecular weight excluding hydrogens is 424 g/mol. The highest BCUT2D eigenvalue weighted by molar-refractivity contribution is 6.29. The first kappa shape index (κ1) is 20.6. The molecule has 6 nitrogen and oxygen atoms in total. The molecule has 3 aromatic rings. The lowest BCUT2D eigenvalue weighted by Gasteiger charge is -2.39. The third-order valence-corrected chi connectivity index (χ3v) is 6.52. The molecular formula is C22H24ClF2N5O. The molecule has 5 rings (SSSR count). The first-order chi connectivity index (χ1) is 15.1. The van der Waals surface area contributed by atoms with E-state index in [0.717, 1.165) is 52.0 Å². The highest BCUT2D eigenvalue weighted by Crippen LogP contribution is 2.32. The molecule has 1 N–H and O–H groups in total. The molecule has 1 saturated carbocycles. The number of imidazole rings is 1. The molecule has 0 amide bonds. The van der Waals surface area contributed by atoms with Gasteiger partial charge in [0.15, 0.2) is 10.8 Å². The number of rotatable bonds is 4. The Bertz CT molecular complexity index is 1060. The molecule has 31 heavy (non-hydrogen) atoms. The van der Waals surface area contributed by atoms with Crippen molar-refractivity contribution >= 4 is 22.9 Å². The van der Waals surface area contributed by atoms with Crippen LogP contribution >= 0.6 is 11.6 Å². The Hall–Kier alpha value is -2.29. The zero-order valence-electron chi connectivity index (χ0n) is 17.0. The Morgan fingerprint density at radius 2 is 1.77 bits per heavy atom. The molecule has 0 bridgehead atoms. The minimum Gasteiger partial charge on any atom is -0.379 e. The monoisotopic (exact) mass is 447 g/mol. The molecule has 0 unspecified atom stereocenters. The number of benzene rings is 1. The SMILES string of the molecule is Fc1cccc(F)c1-c1cc(NC2CCC(N3CCOCC3)CC2)c2ncc(Cl)n2n1. The Kier molecular flexibility index (Phi) is 5.77. The van der Waals surface area contributed by atoms with E-state index in [1.54, 1.807) is 6.07 Å². The number of nitrogens with one attached hydrogen (secondary N) is 1. The molecule has 0 radical (unpaired) electrons. The van der Waals surface area contributed by atoms with E-state index in [2.05, 4.69) is 20.3 Å². The average Bonchev–Trinajstić information content (AvgIpc) is 3.16. The smallest absolute Gasteiger partial charge is 0.178 e. The zero-order valence-corrected chi connectivity index (χ0v) is 17.8. The Morgan fingerprint density at radius 3 is 2.48 bits per heavy atom. The van der Waals surface area contributed by atoms with Gasteiger partial charge in [-0.1, -0.05) is 17.7 Å². The van der Waals surface area contributed by atoms with Crippen LogP contribution in [-0.2, 0) is 4.74 Å². The fourth-order valence-corrected chi connectivity index (χ4v) is 4.83. The third kappa shape index (κ3) is 4.12. The van der Waals surface area contributed by atoms with Crippen molar-refractivity contribution in [1.29, 1.82) is 0 Å². The van der Waals surface area contributed by atoms with Crippen LogP contribution in [0.1, 0.15) is 25.7 Å². The largest absolute Gasteiger partial charge is 0.379 e. The fraction of sp³-hybridized carbons (Fsp3) is 0.455. The maximum Gasteiger partial charge on any atom is 0.178 e. The number of nitrogens with zero attached hydrogens (tertiary/aromatic N) is 4. The highest BCUT2D eigenvalue weighted by Gasteiger charge is 2.27. The van der Waals surface area contributed by atoms with Crippen LogP contribution in [0.3, 0.4) is 0 Å². The molecule has 2 aromatic heterocycles. The van der Waals surface area contributed by atoms with Crippen molar-refractivity contribution in [2.75, 3.05) is 31.6 Å². The highest BCUT2D eigenvalue weighted by atomic mass is 35.5. The van der Waals surface area contributed by atoms with Crippen LogP contribution in [-0.4, -0.2) is 57.9 Å². The molecule has 3 heterocycles. The molecule has 2 fully saturated rings. The summed E-state index contributed by atoms with van der Waals surface area (Å²) in [5, 5.41) is 8.16. The fourth-order valence-electron chi connectivity index (χ4n) is 4.66. The normalized spacial score (nSPS) is 22.7. The molecule has 1 aromatic carbocycles. The number of aromatic nitrogens is 3. The van der Waals surface area contributed by atoms with Gasteiger partial charge in [-0.05, 0) is 43.9 Å². The molecule has 1 saturated heterocycles. The van der Waals surface area contributed by atoms with E-state index in [1.807, 2.05) is 0 Å². The Balaban J connectivity index is 1.40. The lowest BCUT2D eigenvalue weighted by atomic mass is 9.90. The number of fused-ring (bicyclic) bond motifs is 1. The predicted molar refractivity (Wildman–Crippen MR) is 115 cm³/mol. The Morgan fingerprint density at radius 1 is 1.06 bits per heavy atom. The van der Waals surface area contributed by atoms with E-state index in [9.17, 15) is 8.78 Å². The lowest BCUT2D eigenvalue weighted by Crippen LogP contribution is -2.46. The van der Waals surface area contributed by atoms with Gasteiger partial charge < -0.3 is 10.1 Å². The first-order valence-electron chi connectivity index (χ1n) is 10.7. The molecule has 164 valence electrons. The van der Waals surface area contributed by atoms with Crippen molar-refractivity contribution in [3.63, 3.8) is 0 Å². The number of hydrogen-bond acceptors (Lipinski definition) is 5. The summed E-state index contributed by atoms with van der Waals surface area (Å²) in [5.41, 5.74) is 1.22. The van der Waals surface area contributed by atoms with Crippen molar-refractivity contribution in [3.8, 4) is 11.3 Å². The minimum atomic E-state index is -0.667. The predicted octanol–water partition coefficient (Wildman–Crippen LogP) is 4.38. The van der Waals surface area contributed by atoms with E-state index >= 15 is 0 Å². The van der Waals surface area contributed by atoms with Gasteiger partial charge in [-0.25, -0.2) is 13.8 Å². The van der Waals surface area contributed by atoms with Gasteiger partial charge in [0, 0.05) is 25.2 Å². The van der Waals surface area contributed by atoms with Crippen LogP contribution in [0.5, 0.6) is 0 Å². The lowest BCUT2D eigenvalue weighted by molar-refractivity contribution is 0.00791. The summed E-state index contributed by atoms with van der Waals surface area (Å²) in [6.45, 7) is 3.61. The molecule has 1 aliphatic heterocycles. The van der Waals surface area contributed by atoms with Gasteiger partial charge in [-0.2, -0.15) is 9.61 Å². The van der Waals surface area contributed by atoms with E-state index in [-0.39, 0.29) is 22.5 Å². The summed E-state index contributed by atoms with van der Waals surface area (Å²) in [4.78, 5) is 6.87. The number of morpholine rings is 1. The van der Waals surface area contributed by atoms with E-state index in [0.29, 0.717) is 17.4 Å². The van der Waals surface area contributed by atoms with Gasteiger partial charge in [0.1, 0.15) is 11.6 Å². The number of ether oxygens (including phenoxy) is 1. The molecule has 0 spiro atoms. The van der Waals surface area contributed by atoms with Crippen LogP contribution in [0.2, 0.25) is 5.15 Å². The van der Waals surface area contributed by atoms with Crippen molar-refractivity contribution in [3.05, 3.63) is 47.2 Å². The molecule has 1 aliphatic carbocycles. The van der Waals surface area contributed by atoms with Crippen LogP contribution < -0.4 is 5.32 Å². The van der Waals surface area contributed by atoms with Gasteiger partial charge >= 0.3 is 0 Å². The van der Waals surface area contributed by atoms with Gasteiger partial charge in [0.05, 0.1) is 36.4 Å². The second kappa shape index (κ2) is 8.68. The quantitative estimate of drug-likeness (QED) is 0.643. The average molecular weight is 448 g/mol. The minimum absolute atomic E-state index is 0.173. The zero-order chi connectivity index (χ0) is 21.4. The second-order valence-corrected chi connectivity index (χ2v) is 8.54. The number of halogens is 3. The van der Waals surface area contributed by atoms with Gasteiger partial charge in [0.2, 0.25) is 0 Å². The first-order valence-corrected chi connectivity index (χ1v) is 11.0. The van der Waals surface area contributed by atoms with Crippen LogP contribution in [0.15, 0.2) is 30.5 Å². The molecule has 2 aliphatic rings. The summed E-state index contributed by atoms with van der Waals surface area (Å²) >= 11 is 6.24. The summed E-state index contributed by atoms with van der Waals surface area (Å²) in [6, 6.07) is 6.28. The molecule has 0 atom stereocenters. The third-order valence-electron chi connectivity index (χ3n) is 6.26. The van der Waals surface area contributed by atoms with Crippen LogP contribution in [0.25, 0.3) is 16.9 Å². The number of hydrogen-bond donors (Lipinski definition) is 1. The standard InChI is InChI=1S/C22H24ClF2N5O/c23-20-13-26-22-19(12-18(28-30(20)22)21-16(24)2-1-3-17(21)25)27-14-4-6-15(7-5-14)29-8-10-31-11-9-29/h1-3,12-15,27H,4-11H2. The van der Waals surface area contributed by atoms with Crippen molar-refractivity contribution < 1.29 is 13.5 Å². The van der Waals surface area contributed by atoms with Crippen molar-refractivity contribution in [2.45, 2.75) is 37.8 Å². The van der Waals surface area contributed by atoms with Crippen molar-refractivity contribution in [1.82, 2.24) is 19.5 Å². The summed E-state index contributed by atoms with van der Waals surface area (Å²) < 4.78 is 35.7. The molecule has 9 heteroatoms. The van der Waals surface area contributed by atoms with Crippen LogP contribution in [0.4, 0.5) is 14.5 Å². The maximum absolute atomic E-state index is 14.4. The second-order valence-electron chi connectivity index (χ2n) is 8.15. The van der Waals surface area contributed by atoms with Crippen LogP contribution in [0, 0.1) is 11.6 Å².